The summed E-state index contributed by atoms with van der Waals surface area (Å²) in [6, 6.07) is 11.7. The molecular formula is C14H20N2. The summed E-state index contributed by atoms with van der Waals surface area (Å²) in [6.45, 7) is 4.89. The second kappa shape index (κ2) is 4.56. The highest BCUT2D eigenvalue weighted by molar-refractivity contribution is 5.15. The van der Waals surface area contributed by atoms with Gasteiger partial charge in [0.25, 0.3) is 0 Å². The molecule has 2 heteroatoms. The zero-order valence-electron chi connectivity index (χ0n) is 9.73. The van der Waals surface area contributed by atoms with Crippen LogP contribution in [-0.4, -0.2) is 30.6 Å². The highest BCUT2D eigenvalue weighted by atomic mass is 15.2. The summed E-state index contributed by atoms with van der Waals surface area (Å²) in [5.41, 5.74) is 1.46. The molecule has 0 radical (unpaired) electrons. The van der Waals surface area contributed by atoms with E-state index in [1.165, 1.54) is 38.0 Å². The first-order chi connectivity index (χ1) is 7.93. The Labute approximate surface area is 97.6 Å². The summed E-state index contributed by atoms with van der Waals surface area (Å²) in [4.78, 5) is 2.68. The molecule has 2 heterocycles. The molecule has 2 saturated heterocycles. The van der Waals surface area contributed by atoms with E-state index in [2.05, 4.69) is 40.5 Å². The standard InChI is InChI=1S/C14H20N2/c1-2-5-12(6-3-1)11-16-8-4-7-14(16)13-9-15-10-13/h1-3,5-6,13-15H,4,7-11H2. The number of hydrogen-bond acceptors (Lipinski definition) is 2. The van der Waals surface area contributed by atoms with E-state index < -0.39 is 0 Å². The van der Waals surface area contributed by atoms with Crippen molar-refractivity contribution >= 4 is 0 Å². The van der Waals surface area contributed by atoms with Gasteiger partial charge in [-0.3, -0.25) is 4.90 Å². The predicted molar refractivity (Wildman–Crippen MR) is 66.2 cm³/mol. The molecule has 1 aromatic rings. The normalized spacial score (nSPS) is 26.9. The lowest BCUT2D eigenvalue weighted by atomic mass is 9.92. The summed E-state index contributed by atoms with van der Waals surface area (Å²) in [5, 5.41) is 3.40. The smallest absolute Gasteiger partial charge is 0.0236 e. The van der Waals surface area contributed by atoms with Crippen molar-refractivity contribution in [3.05, 3.63) is 35.9 Å². The molecule has 1 N–H and O–H groups in total. The third kappa shape index (κ3) is 2.00. The molecule has 16 heavy (non-hydrogen) atoms. The van der Waals surface area contributed by atoms with Crippen LogP contribution in [0.3, 0.4) is 0 Å². The van der Waals surface area contributed by atoms with E-state index in [1.54, 1.807) is 0 Å². The van der Waals surface area contributed by atoms with Gasteiger partial charge < -0.3 is 5.32 Å². The molecule has 0 aromatic heterocycles. The van der Waals surface area contributed by atoms with E-state index in [1.807, 2.05) is 0 Å². The molecule has 1 aromatic carbocycles. The Morgan fingerprint density at radius 2 is 2.00 bits per heavy atom. The molecule has 2 aliphatic rings. The van der Waals surface area contributed by atoms with Gasteiger partial charge in [0.2, 0.25) is 0 Å². The number of rotatable bonds is 3. The Hall–Kier alpha value is -0.860. The SMILES string of the molecule is c1ccc(CN2CCCC2C2CNC2)cc1. The number of hydrogen-bond donors (Lipinski definition) is 1. The van der Waals surface area contributed by atoms with E-state index in [0.717, 1.165) is 18.5 Å². The third-order valence-corrected chi connectivity index (χ3v) is 4.00. The highest BCUT2D eigenvalue weighted by Gasteiger charge is 2.34. The van der Waals surface area contributed by atoms with Crippen LogP contribution in [0.4, 0.5) is 0 Å². The first kappa shape index (κ1) is 10.3. The van der Waals surface area contributed by atoms with E-state index in [4.69, 9.17) is 0 Å². The van der Waals surface area contributed by atoms with Gasteiger partial charge >= 0.3 is 0 Å². The third-order valence-electron chi connectivity index (χ3n) is 4.00. The van der Waals surface area contributed by atoms with Crippen molar-refractivity contribution < 1.29 is 0 Å². The highest BCUT2D eigenvalue weighted by Crippen LogP contribution is 2.27. The van der Waals surface area contributed by atoms with E-state index in [9.17, 15) is 0 Å². The first-order valence-corrected chi connectivity index (χ1v) is 6.42. The van der Waals surface area contributed by atoms with Crippen LogP contribution in [-0.2, 0) is 6.54 Å². The molecule has 1 unspecified atom stereocenters. The van der Waals surface area contributed by atoms with Gasteiger partial charge in [-0.15, -0.1) is 0 Å². The van der Waals surface area contributed by atoms with Crippen LogP contribution in [0.25, 0.3) is 0 Å². The number of nitrogens with zero attached hydrogens (tertiary/aromatic N) is 1. The van der Waals surface area contributed by atoms with Crippen molar-refractivity contribution in [1.29, 1.82) is 0 Å². The van der Waals surface area contributed by atoms with Gasteiger partial charge in [0.1, 0.15) is 0 Å². The minimum absolute atomic E-state index is 0.835. The Morgan fingerprint density at radius 1 is 1.19 bits per heavy atom. The Balaban J connectivity index is 1.65. The molecule has 0 aliphatic carbocycles. The van der Waals surface area contributed by atoms with Crippen molar-refractivity contribution in [3.63, 3.8) is 0 Å². The topological polar surface area (TPSA) is 15.3 Å². The fourth-order valence-electron chi connectivity index (χ4n) is 2.98. The monoisotopic (exact) mass is 216 g/mol. The fraction of sp³-hybridized carbons (Fsp3) is 0.571. The Bertz CT molecular complexity index is 332. The summed E-state index contributed by atoms with van der Waals surface area (Å²) in [5.74, 6) is 0.909. The molecule has 0 amide bonds. The van der Waals surface area contributed by atoms with Crippen LogP contribution >= 0.6 is 0 Å². The lowest BCUT2D eigenvalue weighted by Gasteiger charge is -2.37. The number of nitrogens with one attached hydrogen (secondary N) is 1. The fourth-order valence-corrected chi connectivity index (χ4v) is 2.98. The molecule has 86 valence electrons. The average molecular weight is 216 g/mol. The summed E-state index contributed by atoms with van der Waals surface area (Å²) in [6.07, 6.45) is 2.78. The summed E-state index contributed by atoms with van der Waals surface area (Å²) in [7, 11) is 0. The van der Waals surface area contributed by atoms with Crippen molar-refractivity contribution in [2.45, 2.75) is 25.4 Å². The van der Waals surface area contributed by atoms with Crippen LogP contribution in [0.2, 0.25) is 0 Å². The maximum Gasteiger partial charge on any atom is 0.0236 e. The van der Waals surface area contributed by atoms with Crippen LogP contribution in [0.5, 0.6) is 0 Å². The van der Waals surface area contributed by atoms with Crippen molar-refractivity contribution in [3.8, 4) is 0 Å². The average Bonchev–Trinajstić information content (AvgIpc) is 2.66. The maximum absolute atomic E-state index is 3.40. The van der Waals surface area contributed by atoms with Gasteiger partial charge in [-0.25, -0.2) is 0 Å². The Kier molecular flexibility index (Phi) is 2.94. The van der Waals surface area contributed by atoms with Gasteiger partial charge in [0.05, 0.1) is 0 Å². The van der Waals surface area contributed by atoms with Crippen molar-refractivity contribution in [2.24, 2.45) is 5.92 Å². The van der Waals surface area contributed by atoms with E-state index in [-0.39, 0.29) is 0 Å². The van der Waals surface area contributed by atoms with Gasteiger partial charge in [0, 0.05) is 25.7 Å². The van der Waals surface area contributed by atoms with E-state index >= 15 is 0 Å². The van der Waals surface area contributed by atoms with Crippen LogP contribution in [0.1, 0.15) is 18.4 Å². The first-order valence-electron chi connectivity index (χ1n) is 6.42. The minimum Gasteiger partial charge on any atom is -0.316 e. The van der Waals surface area contributed by atoms with Gasteiger partial charge in [-0.05, 0) is 30.9 Å². The predicted octanol–water partition coefficient (Wildman–Crippen LogP) is 1.87. The molecule has 2 nitrogen and oxygen atoms in total. The lowest BCUT2D eigenvalue weighted by molar-refractivity contribution is 0.142. The van der Waals surface area contributed by atoms with Crippen LogP contribution in [0, 0.1) is 5.92 Å². The quantitative estimate of drug-likeness (QED) is 0.830. The molecule has 0 spiro atoms. The molecule has 2 aliphatic heterocycles. The molecule has 3 rings (SSSR count). The zero-order chi connectivity index (χ0) is 10.8. The number of likely N-dealkylation sites (tertiary alicyclic amines) is 1. The van der Waals surface area contributed by atoms with Gasteiger partial charge in [-0.1, -0.05) is 30.3 Å². The molecule has 0 bridgehead atoms. The van der Waals surface area contributed by atoms with Gasteiger partial charge in [0.15, 0.2) is 0 Å². The maximum atomic E-state index is 3.40. The van der Waals surface area contributed by atoms with E-state index in [0.29, 0.717) is 0 Å². The lowest BCUT2D eigenvalue weighted by Crippen LogP contribution is -2.52. The second-order valence-electron chi connectivity index (χ2n) is 5.08. The summed E-state index contributed by atoms with van der Waals surface area (Å²) >= 11 is 0. The minimum atomic E-state index is 0.835. The molecule has 1 atom stereocenters. The summed E-state index contributed by atoms with van der Waals surface area (Å²) < 4.78 is 0. The van der Waals surface area contributed by atoms with Crippen molar-refractivity contribution in [1.82, 2.24) is 10.2 Å². The zero-order valence-corrected chi connectivity index (χ0v) is 9.73. The van der Waals surface area contributed by atoms with Crippen LogP contribution in [0.15, 0.2) is 30.3 Å². The van der Waals surface area contributed by atoms with Crippen LogP contribution < -0.4 is 5.32 Å². The largest absolute Gasteiger partial charge is 0.316 e. The Morgan fingerprint density at radius 3 is 2.69 bits per heavy atom. The van der Waals surface area contributed by atoms with Gasteiger partial charge in [-0.2, -0.15) is 0 Å². The molecule has 0 saturated carbocycles. The number of benzene rings is 1. The molecule has 2 fully saturated rings. The molecular weight excluding hydrogens is 196 g/mol. The second-order valence-corrected chi connectivity index (χ2v) is 5.08. The van der Waals surface area contributed by atoms with Crippen molar-refractivity contribution in [2.75, 3.05) is 19.6 Å².